The van der Waals surface area contributed by atoms with Gasteiger partial charge in [0.05, 0.1) is 28.9 Å². The molecule has 2 aliphatic heterocycles. The van der Waals surface area contributed by atoms with E-state index < -0.39 is 0 Å². The Kier molecular flexibility index (Phi) is 12.9. The molecule has 2 aliphatic rings. The van der Waals surface area contributed by atoms with Crippen molar-refractivity contribution in [2.24, 2.45) is 0 Å². The predicted octanol–water partition coefficient (Wildman–Crippen LogP) is 6.14. The third kappa shape index (κ3) is 9.51. The third-order valence-electron chi connectivity index (χ3n) is 11.1. The number of nitriles is 1. The van der Waals surface area contributed by atoms with E-state index in [0.29, 0.717) is 42.9 Å². The number of ether oxygens (including phenoxy) is 1. The molecule has 4 heterocycles. The highest BCUT2D eigenvalue weighted by Gasteiger charge is 2.23. The SMILES string of the molecule is CCc1nc2c(cnn2CC)c(NC2CCOCC2)c1CNC(=O)c1cccc(C(=O)NCc2ccc(C#N)c(-c3cccc(CN4CCCN(C)CC4)c3)c2)c1. The van der Waals surface area contributed by atoms with Gasteiger partial charge in [-0.2, -0.15) is 10.4 Å². The number of carbonyl (C=O) groups is 2. The first-order chi connectivity index (χ1) is 27.8. The lowest BCUT2D eigenvalue weighted by Crippen LogP contribution is -2.30. The Morgan fingerprint density at radius 1 is 0.895 bits per heavy atom. The first-order valence-electron chi connectivity index (χ1n) is 20.2. The molecule has 0 atom stereocenters. The number of aromatic nitrogens is 3. The standard InChI is InChI=1S/C45H53N9O3/c1-4-41-39(42(50-37-15-21-57-22-16-37)40-29-49-54(5-2)43(40)51-41)28-48-45(56)35-12-7-11-34(25-35)44(55)47-27-31-13-14-36(26-46)38(24-31)33-10-6-9-32(23-33)30-53-18-8-17-52(3)19-20-53/h6-7,9-14,23-25,29,37H,4-5,8,15-22,27-28,30H2,1-3H3,(H,47,55)(H,48,56)(H,50,51). The van der Waals surface area contributed by atoms with Crippen LogP contribution in [0.5, 0.6) is 0 Å². The van der Waals surface area contributed by atoms with E-state index in [0.717, 1.165) is 96.7 Å². The number of carbonyl (C=O) groups excluding carboxylic acids is 2. The zero-order valence-electron chi connectivity index (χ0n) is 33.3. The highest BCUT2D eigenvalue weighted by atomic mass is 16.5. The van der Waals surface area contributed by atoms with Crippen LogP contribution in [0.3, 0.4) is 0 Å². The number of aryl methyl sites for hydroxylation is 2. The van der Waals surface area contributed by atoms with Gasteiger partial charge >= 0.3 is 0 Å². The molecule has 2 aromatic heterocycles. The van der Waals surface area contributed by atoms with Gasteiger partial charge in [-0.05, 0) is 111 Å². The molecule has 0 spiro atoms. The minimum absolute atomic E-state index is 0.243. The topological polar surface area (TPSA) is 140 Å². The van der Waals surface area contributed by atoms with Gasteiger partial charge in [0.2, 0.25) is 0 Å². The van der Waals surface area contributed by atoms with Crippen molar-refractivity contribution >= 4 is 28.5 Å². The van der Waals surface area contributed by atoms with E-state index in [9.17, 15) is 14.9 Å². The molecule has 3 aromatic carbocycles. The Bertz CT molecular complexity index is 2250. The number of anilines is 1. The molecule has 57 heavy (non-hydrogen) atoms. The molecule has 3 N–H and O–H groups in total. The van der Waals surface area contributed by atoms with Gasteiger partial charge in [-0.1, -0.05) is 37.3 Å². The molecule has 296 valence electrons. The smallest absolute Gasteiger partial charge is 0.251 e. The third-order valence-corrected chi connectivity index (χ3v) is 11.1. The van der Waals surface area contributed by atoms with Crippen LogP contribution in [-0.4, -0.2) is 88.9 Å². The lowest BCUT2D eigenvalue weighted by atomic mass is 9.96. The number of pyridine rings is 1. The molecule has 0 bridgehead atoms. The summed E-state index contributed by atoms with van der Waals surface area (Å²) in [4.78, 5) is 37.0. The predicted molar refractivity (Wildman–Crippen MR) is 223 cm³/mol. The van der Waals surface area contributed by atoms with Crippen molar-refractivity contribution in [1.82, 2.24) is 35.2 Å². The molecule has 2 amide bonds. The van der Waals surface area contributed by atoms with Crippen LogP contribution < -0.4 is 16.0 Å². The fourth-order valence-electron chi connectivity index (χ4n) is 7.85. The Morgan fingerprint density at radius 2 is 1.67 bits per heavy atom. The maximum Gasteiger partial charge on any atom is 0.251 e. The molecule has 0 aliphatic carbocycles. The summed E-state index contributed by atoms with van der Waals surface area (Å²) in [6.07, 6.45) is 5.49. The minimum atomic E-state index is -0.292. The summed E-state index contributed by atoms with van der Waals surface area (Å²) < 4.78 is 7.51. The number of hydrogen-bond acceptors (Lipinski definition) is 9. The van der Waals surface area contributed by atoms with Crippen molar-refractivity contribution in [3.8, 4) is 17.2 Å². The molecular weight excluding hydrogens is 715 g/mol. The normalized spacial score (nSPS) is 15.5. The van der Waals surface area contributed by atoms with Gasteiger partial charge in [0.15, 0.2) is 5.65 Å². The van der Waals surface area contributed by atoms with Gasteiger partial charge in [-0.25, -0.2) is 9.67 Å². The summed E-state index contributed by atoms with van der Waals surface area (Å²) in [5.41, 5.74) is 8.89. The number of hydrogen-bond donors (Lipinski definition) is 3. The lowest BCUT2D eigenvalue weighted by Gasteiger charge is -2.26. The Labute approximate surface area is 335 Å². The molecular formula is C45H53N9O3. The average molecular weight is 768 g/mol. The van der Waals surface area contributed by atoms with Crippen LogP contribution in [0.4, 0.5) is 5.69 Å². The van der Waals surface area contributed by atoms with Crippen molar-refractivity contribution in [2.75, 3.05) is 51.8 Å². The molecule has 0 radical (unpaired) electrons. The van der Waals surface area contributed by atoms with Gasteiger partial charge in [-0.3, -0.25) is 14.5 Å². The molecule has 12 heteroatoms. The van der Waals surface area contributed by atoms with Gasteiger partial charge in [-0.15, -0.1) is 0 Å². The van der Waals surface area contributed by atoms with E-state index in [1.807, 2.05) is 42.1 Å². The van der Waals surface area contributed by atoms with Gasteiger partial charge in [0.1, 0.15) is 0 Å². The Hall–Kier alpha value is -5.61. The fraction of sp³-hybridized carbons (Fsp3) is 0.400. The van der Waals surface area contributed by atoms with E-state index in [2.05, 4.69) is 69.1 Å². The summed E-state index contributed by atoms with van der Waals surface area (Å²) in [7, 11) is 2.18. The van der Waals surface area contributed by atoms with Crippen LogP contribution in [0.15, 0.2) is 72.9 Å². The number of likely N-dealkylation sites (N-methyl/N-ethyl adjacent to an activating group) is 1. The van der Waals surface area contributed by atoms with E-state index in [-0.39, 0.29) is 30.9 Å². The second-order valence-electron chi connectivity index (χ2n) is 15.1. The zero-order valence-corrected chi connectivity index (χ0v) is 33.3. The van der Waals surface area contributed by atoms with E-state index >= 15 is 0 Å². The molecule has 5 aromatic rings. The highest BCUT2D eigenvalue weighted by Crippen LogP contribution is 2.32. The first-order valence-corrected chi connectivity index (χ1v) is 20.2. The monoisotopic (exact) mass is 767 g/mol. The number of nitrogens with zero attached hydrogens (tertiary/aromatic N) is 6. The fourth-order valence-corrected chi connectivity index (χ4v) is 7.85. The minimum Gasteiger partial charge on any atom is -0.381 e. The lowest BCUT2D eigenvalue weighted by molar-refractivity contribution is 0.0904. The second kappa shape index (κ2) is 18.6. The summed E-state index contributed by atoms with van der Waals surface area (Å²) >= 11 is 0. The number of rotatable bonds is 13. The van der Waals surface area contributed by atoms with Crippen molar-refractivity contribution in [1.29, 1.82) is 5.26 Å². The second-order valence-corrected chi connectivity index (χ2v) is 15.1. The highest BCUT2D eigenvalue weighted by molar-refractivity contribution is 6.00. The van der Waals surface area contributed by atoms with Crippen LogP contribution in [-0.2, 0) is 37.3 Å². The Balaban J connectivity index is 1.02. The van der Waals surface area contributed by atoms with Gasteiger partial charge in [0.25, 0.3) is 11.8 Å². The zero-order chi connectivity index (χ0) is 39.7. The van der Waals surface area contributed by atoms with Crippen LogP contribution in [0.25, 0.3) is 22.2 Å². The van der Waals surface area contributed by atoms with Crippen LogP contribution in [0, 0.1) is 11.3 Å². The molecule has 0 unspecified atom stereocenters. The van der Waals surface area contributed by atoms with Crippen molar-refractivity contribution in [3.05, 3.63) is 112 Å². The Morgan fingerprint density at radius 3 is 2.42 bits per heavy atom. The molecule has 7 rings (SSSR count). The molecule has 0 saturated carbocycles. The molecule has 2 saturated heterocycles. The number of nitrogens with one attached hydrogen (secondary N) is 3. The van der Waals surface area contributed by atoms with E-state index in [1.165, 1.54) is 5.56 Å². The van der Waals surface area contributed by atoms with Gasteiger partial charge < -0.3 is 25.6 Å². The van der Waals surface area contributed by atoms with Crippen LogP contribution in [0.1, 0.15) is 81.8 Å². The largest absolute Gasteiger partial charge is 0.381 e. The molecule has 2 fully saturated rings. The van der Waals surface area contributed by atoms with E-state index in [1.54, 1.807) is 24.3 Å². The summed E-state index contributed by atoms with van der Waals surface area (Å²) in [6.45, 7) is 11.9. The summed E-state index contributed by atoms with van der Waals surface area (Å²) in [5.74, 6) is -0.574. The quantitative estimate of drug-likeness (QED) is 0.129. The van der Waals surface area contributed by atoms with Crippen molar-refractivity contribution in [2.45, 2.75) is 71.8 Å². The van der Waals surface area contributed by atoms with E-state index in [4.69, 9.17) is 9.72 Å². The average Bonchev–Trinajstić information content (AvgIpc) is 3.56. The van der Waals surface area contributed by atoms with Gasteiger partial charge in [0, 0.05) is 80.9 Å². The number of amides is 2. The maximum atomic E-state index is 13.6. The summed E-state index contributed by atoms with van der Waals surface area (Å²) in [5, 5.41) is 25.4. The van der Waals surface area contributed by atoms with Crippen molar-refractivity contribution in [3.63, 3.8) is 0 Å². The molecule has 12 nitrogen and oxygen atoms in total. The number of fused-ring (bicyclic) bond motifs is 1. The maximum absolute atomic E-state index is 13.6. The first kappa shape index (κ1) is 39.6. The van der Waals surface area contributed by atoms with Crippen molar-refractivity contribution < 1.29 is 14.3 Å². The van der Waals surface area contributed by atoms with Crippen LogP contribution in [0.2, 0.25) is 0 Å². The summed E-state index contributed by atoms with van der Waals surface area (Å²) in [6, 6.07) is 23.4. The van der Waals surface area contributed by atoms with Crippen LogP contribution >= 0.6 is 0 Å². The number of benzene rings is 3.